The van der Waals surface area contributed by atoms with E-state index in [1.165, 1.54) is 4.31 Å². The van der Waals surface area contributed by atoms with Gasteiger partial charge in [0.2, 0.25) is 10.0 Å². The highest BCUT2D eigenvalue weighted by Crippen LogP contribution is 2.26. The Labute approximate surface area is 154 Å². The fourth-order valence-electron chi connectivity index (χ4n) is 3.18. The summed E-state index contributed by atoms with van der Waals surface area (Å²) in [6, 6.07) is 14.1. The lowest BCUT2D eigenvalue weighted by Gasteiger charge is -2.30. The Kier molecular flexibility index (Phi) is 5.44. The summed E-state index contributed by atoms with van der Waals surface area (Å²) in [4.78, 5) is 12.7. The second-order valence-corrected chi connectivity index (χ2v) is 8.62. The van der Waals surface area contributed by atoms with Crippen LogP contribution in [-0.4, -0.2) is 31.8 Å². The van der Waals surface area contributed by atoms with Crippen LogP contribution in [0.25, 0.3) is 0 Å². The molecule has 0 saturated carbocycles. The number of piperidine rings is 1. The molecule has 0 unspecified atom stereocenters. The molecule has 6 heteroatoms. The molecule has 0 amide bonds. The highest BCUT2D eigenvalue weighted by molar-refractivity contribution is 7.89. The molecule has 0 atom stereocenters. The fourth-order valence-corrected chi connectivity index (χ4v) is 4.67. The number of carbonyl (C=O) groups excluding carboxylic acids is 1. The summed E-state index contributed by atoms with van der Waals surface area (Å²) in [5.41, 5.74) is 2.03. The van der Waals surface area contributed by atoms with Crippen LogP contribution < -0.4 is 4.74 Å². The lowest BCUT2D eigenvalue weighted by atomic mass is 9.98. The van der Waals surface area contributed by atoms with Gasteiger partial charge in [-0.3, -0.25) is 4.79 Å². The Morgan fingerprint density at radius 2 is 1.69 bits per heavy atom. The lowest BCUT2D eigenvalue weighted by molar-refractivity contribution is -0.140. The van der Waals surface area contributed by atoms with E-state index in [1.807, 2.05) is 26.0 Å². The normalized spacial score (nSPS) is 16.4. The first kappa shape index (κ1) is 18.6. The van der Waals surface area contributed by atoms with E-state index in [0.717, 1.165) is 11.1 Å². The standard InChI is InChI=1S/C20H23NO4S/c1-15-8-9-19(16(2)14-15)25-20(22)17-10-12-21(13-11-17)26(23,24)18-6-4-3-5-7-18/h3-9,14,17H,10-13H2,1-2H3. The Morgan fingerprint density at radius 1 is 1.04 bits per heavy atom. The van der Waals surface area contributed by atoms with Gasteiger partial charge in [-0.15, -0.1) is 0 Å². The second kappa shape index (κ2) is 7.60. The van der Waals surface area contributed by atoms with Gasteiger partial charge in [0.05, 0.1) is 10.8 Å². The number of hydrogen-bond donors (Lipinski definition) is 0. The predicted octanol–water partition coefficient (Wildman–Crippen LogP) is 3.31. The number of ether oxygens (including phenoxy) is 1. The van der Waals surface area contributed by atoms with E-state index in [4.69, 9.17) is 4.74 Å². The third-order valence-electron chi connectivity index (χ3n) is 4.71. The van der Waals surface area contributed by atoms with Gasteiger partial charge in [0.25, 0.3) is 0 Å². The Hall–Kier alpha value is -2.18. The molecular weight excluding hydrogens is 350 g/mol. The molecule has 2 aromatic carbocycles. The van der Waals surface area contributed by atoms with Crippen molar-refractivity contribution < 1.29 is 17.9 Å². The van der Waals surface area contributed by atoms with Crippen LogP contribution in [0.1, 0.15) is 24.0 Å². The van der Waals surface area contributed by atoms with Gasteiger partial charge in [-0.1, -0.05) is 35.9 Å². The van der Waals surface area contributed by atoms with Crippen LogP contribution in [0.4, 0.5) is 0 Å². The summed E-state index contributed by atoms with van der Waals surface area (Å²) in [5.74, 6) is 0.00609. The molecule has 0 N–H and O–H groups in total. The Bertz CT molecular complexity index is 885. The largest absolute Gasteiger partial charge is 0.426 e. The van der Waals surface area contributed by atoms with Crippen LogP contribution in [0.5, 0.6) is 5.75 Å². The Morgan fingerprint density at radius 3 is 2.31 bits per heavy atom. The number of carbonyl (C=O) groups is 1. The highest BCUT2D eigenvalue weighted by Gasteiger charge is 2.33. The monoisotopic (exact) mass is 373 g/mol. The first-order chi connectivity index (χ1) is 12.4. The number of sulfonamides is 1. The van der Waals surface area contributed by atoms with Gasteiger partial charge in [-0.2, -0.15) is 4.31 Å². The van der Waals surface area contributed by atoms with Crippen LogP contribution in [0.15, 0.2) is 53.4 Å². The zero-order valence-electron chi connectivity index (χ0n) is 15.0. The van der Waals surface area contributed by atoms with Gasteiger partial charge in [0.1, 0.15) is 5.75 Å². The maximum absolute atomic E-state index is 12.6. The van der Waals surface area contributed by atoms with Crippen molar-refractivity contribution in [3.63, 3.8) is 0 Å². The molecule has 0 spiro atoms. The van der Waals surface area contributed by atoms with Crippen molar-refractivity contribution in [3.05, 3.63) is 59.7 Å². The van der Waals surface area contributed by atoms with Crippen LogP contribution in [0, 0.1) is 19.8 Å². The molecule has 1 aliphatic heterocycles. The molecule has 1 aliphatic rings. The average molecular weight is 373 g/mol. The summed E-state index contributed by atoms with van der Waals surface area (Å²) < 4.78 is 32.3. The van der Waals surface area contributed by atoms with Gasteiger partial charge >= 0.3 is 5.97 Å². The quantitative estimate of drug-likeness (QED) is 0.609. The van der Waals surface area contributed by atoms with Crippen molar-refractivity contribution in [1.29, 1.82) is 0 Å². The minimum absolute atomic E-state index is 0.280. The minimum atomic E-state index is -3.50. The molecule has 1 heterocycles. The first-order valence-corrected chi connectivity index (χ1v) is 10.2. The van der Waals surface area contributed by atoms with Crippen molar-refractivity contribution >= 4 is 16.0 Å². The third kappa shape index (κ3) is 3.97. The molecule has 0 radical (unpaired) electrons. The predicted molar refractivity (Wildman–Crippen MR) is 99.5 cm³/mol. The molecule has 5 nitrogen and oxygen atoms in total. The average Bonchev–Trinajstić information content (AvgIpc) is 2.65. The van der Waals surface area contributed by atoms with Crippen LogP contribution >= 0.6 is 0 Å². The van der Waals surface area contributed by atoms with Crippen LogP contribution in [-0.2, 0) is 14.8 Å². The molecule has 138 valence electrons. The topological polar surface area (TPSA) is 63.7 Å². The van der Waals surface area contributed by atoms with E-state index in [0.29, 0.717) is 31.7 Å². The van der Waals surface area contributed by atoms with Crippen molar-refractivity contribution in [2.45, 2.75) is 31.6 Å². The number of hydrogen-bond acceptors (Lipinski definition) is 4. The van der Waals surface area contributed by atoms with E-state index in [1.54, 1.807) is 36.4 Å². The van der Waals surface area contributed by atoms with Crippen molar-refractivity contribution in [1.82, 2.24) is 4.31 Å². The van der Waals surface area contributed by atoms with E-state index in [9.17, 15) is 13.2 Å². The van der Waals surface area contributed by atoms with Crippen molar-refractivity contribution in [2.24, 2.45) is 5.92 Å². The minimum Gasteiger partial charge on any atom is -0.426 e. The first-order valence-electron chi connectivity index (χ1n) is 8.72. The number of nitrogens with zero attached hydrogens (tertiary/aromatic N) is 1. The SMILES string of the molecule is Cc1ccc(OC(=O)C2CCN(S(=O)(=O)c3ccccc3)CC2)c(C)c1. The molecule has 3 rings (SSSR count). The summed E-state index contributed by atoms with van der Waals surface area (Å²) in [6.07, 6.45) is 0.936. The number of benzene rings is 2. The summed E-state index contributed by atoms with van der Waals surface area (Å²) in [7, 11) is -3.50. The summed E-state index contributed by atoms with van der Waals surface area (Å²) in [5, 5.41) is 0. The van der Waals surface area contributed by atoms with Crippen LogP contribution in [0.2, 0.25) is 0 Å². The summed E-state index contributed by atoms with van der Waals surface area (Å²) >= 11 is 0. The van der Waals surface area contributed by atoms with Crippen molar-refractivity contribution in [2.75, 3.05) is 13.1 Å². The maximum atomic E-state index is 12.6. The second-order valence-electron chi connectivity index (χ2n) is 6.68. The molecule has 0 aliphatic carbocycles. The van der Waals surface area contributed by atoms with Gasteiger partial charge in [-0.05, 0) is 50.5 Å². The zero-order chi connectivity index (χ0) is 18.7. The maximum Gasteiger partial charge on any atom is 0.314 e. The van der Waals surface area contributed by atoms with E-state index in [2.05, 4.69) is 0 Å². The number of rotatable bonds is 4. The summed E-state index contributed by atoms with van der Waals surface area (Å²) in [6.45, 7) is 4.54. The highest BCUT2D eigenvalue weighted by atomic mass is 32.2. The fraction of sp³-hybridized carbons (Fsp3) is 0.350. The van der Waals surface area contributed by atoms with Gasteiger partial charge in [-0.25, -0.2) is 8.42 Å². The zero-order valence-corrected chi connectivity index (χ0v) is 15.8. The smallest absolute Gasteiger partial charge is 0.314 e. The van der Waals surface area contributed by atoms with E-state index >= 15 is 0 Å². The van der Waals surface area contributed by atoms with Crippen LogP contribution in [0.3, 0.4) is 0 Å². The van der Waals surface area contributed by atoms with E-state index < -0.39 is 10.0 Å². The van der Waals surface area contributed by atoms with Gasteiger partial charge in [0, 0.05) is 13.1 Å². The molecule has 0 bridgehead atoms. The molecule has 1 fully saturated rings. The molecule has 26 heavy (non-hydrogen) atoms. The van der Waals surface area contributed by atoms with E-state index in [-0.39, 0.29) is 16.8 Å². The van der Waals surface area contributed by atoms with Crippen molar-refractivity contribution in [3.8, 4) is 5.75 Å². The molecular formula is C20H23NO4S. The number of esters is 1. The lowest BCUT2D eigenvalue weighted by Crippen LogP contribution is -2.41. The number of aryl methyl sites for hydroxylation is 2. The molecule has 1 saturated heterocycles. The van der Waals surface area contributed by atoms with Gasteiger partial charge in [0.15, 0.2) is 0 Å². The van der Waals surface area contributed by atoms with Gasteiger partial charge < -0.3 is 4.74 Å². The third-order valence-corrected chi connectivity index (χ3v) is 6.62. The molecule has 2 aromatic rings. The molecule has 0 aromatic heterocycles. The Balaban J connectivity index is 1.62.